The maximum atomic E-state index is 14.8. The predicted octanol–water partition coefficient (Wildman–Crippen LogP) is 6.43. The monoisotopic (exact) mass is 970 g/mol. The molecule has 3 aromatic heterocycles. The van der Waals surface area contributed by atoms with Gasteiger partial charge in [-0.3, -0.25) is 38.5 Å². The number of piperazine rings is 1. The number of aromatic nitrogens is 5. The maximum Gasteiger partial charge on any atom is 0.418 e. The van der Waals surface area contributed by atoms with Gasteiger partial charge in [-0.1, -0.05) is 42.8 Å². The zero-order chi connectivity index (χ0) is 49.0. The van der Waals surface area contributed by atoms with E-state index in [4.69, 9.17) is 4.74 Å². The number of ether oxygens (including phenoxy) is 1. The number of imidazole rings is 1. The highest BCUT2D eigenvalue weighted by atomic mass is 19.4. The summed E-state index contributed by atoms with van der Waals surface area (Å²) >= 11 is 0. The number of nitrogens with zero attached hydrogens (tertiary/aromatic N) is 9. The Labute approximate surface area is 408 Å². The number of benzene rings is 3. The van der Waals surface area contributed by atoms with Gasteiger partial charge in [-0.05, 0) is 109 Å². The Bertz CT molecular complexity index is 3040. The molecule has 0 bridgehead atoms. The molecule has 18 heteroatoms. The summed E-state index contributed by atoms with van der Waals surface area (Å²) in [6.45, 7) is 6.51. The molecule has 3 amide bonds. The molecule has 11 rings (SSSR count). The van der Waals surface area contributed by atoms with Crippen LogP contribution in [0.5, 0.6) is 0 Å². The first-order chi connectivity index (χ1) is 34.3. The number of halogens is 3. The van der Waals surface area contributed by atoms with Crippen molar-refractivity contribution in [3.05, 3.63) is 147 Å². The number of likely N-dealkylation sites (tertiary alicyclic amines) is 1. The van der Waals surface area contributed by atoms with E-state index < -0.39 is 29.4 Å². The number of aryl methyl sites for hydroxylation is 1. The number of piperidine rings is 2. The van der Waals surface area contributed by atoms with E-state index >= 15 is 0 Å². The van der Waals surface area contributed by atoms with Gasteiger partial charge in [-0.25, -0.2) is 4.79 Å². The van der Waals surface area contributed by atoms with Crippen LogP contribution in [-0.4, -0.2) is 108 Å². The molecule has 1 aliphatic carbocycles. The Morgan fingerprint density at radius 3 is 2.32 bits per heavy atom. The van der Waals surface area contributed by atoms with Crippen LogP contribution in [-0.2, 0) is 53.8 Å². The van der Waals surface area contributed by atoms with Gasteiger partial charge in [0.05, 0.1) is 29.5 Å². The average Bonchev–Trinajstić information content (AvgIpc) is 4.03. The van der Waals surface area contributed by atoms with Crippen LogP contribution < -0.4 is 15.9 Å². The minimum atomic E-state index is -4.68. The second-order valence-corrected chi connectivity index (χ2v) is 20.0. The summed E-state index contributed by atoms with van der Waals surface area (Å²) in [5.74, 6) is 0.263. The molecule has 370 valence electrons. The molecule has 3 atom stereocenters. The summed E-state index contributed by atoms with van der Waals surface area (Å²) in [6.07, 6.45) is 5.21. The highest BCUT2D eigenvalue weighted by Crippen LogP contribution is 2.43. The molecule has 71 heavy (non-hydrogen) atoms. The fourth-order valence-electron chi connectivity index (χ4n) is 11.3. The molecule has 3 saturated heterocycles. The number of nitrogens with one attached hydrogen (secondary N) is 1. The van der Waals surface area contributed by atoms with Crippen molar-refractivity contribution >= 4 is 28.9 Å². The molecule has 4 fully saturated rings. The van der Waals surface area contributed by atoms with E-state index in [1.165, 1.54) is 22.4 Å². The van der Waals surface area contributed by atoms with Crippen molar-refractivity contribution in [1.82, 2.24) is 43.7 Å². The summed E-state index contributed by atoms with van der Waals surface area (Å²) in [7, 11) is 1.91. The summed E-state index contributed by atoms with van der Waals surface area (Å²) in [6, 6.07) is 22.4. The second-order valence-electron chi connectivity index (χ2n) is 20.0. The zero-order valence-corrected chi connectivity index (χ0v) is 39.7. The molecule has 1 saturated carbocycles. The number of imide groups is 1. The lowest BCUT2D eigenvalue weighted by molar-refractivity contribution is -0.137. The molecule has 0 spiro atoms. The number of pyridine rings is 1. The number of alkyl halides is 3. The van der Waals surface area contributed by atoms with E-state index in [9.17, 15) is 32.3 Å². The molecule has 1 N–H and O–H groups in total. The minimum absolute atomic E-state index is 0.0453. The number of fused-ring (bicyclic) bond motifs is 2. The minimum Gasteiger partial charge on any atom is -0.372 e. The van der Waals surface area contributed by atoms with Crippen molar-refractivity contribution in [3.8, 4) is 5.69 Å². The Morgan fingerprint density at radius 1 is 0.803 bits per heavy atom. The third-order valence-corrected chi connectivity index (χ3v) is 15.3. The van der Waals surface area contributed by atoms with Crippen LogP contribution in [0.25, 0.3) is 11.2 Å². The lowest BCUT2D eigenvalue weighted by Crippen LogP contribution is -2.52. The van der Waals surface area contributed by atoms with Crippen LogP contribution in [0.1, 0.15) is 100 Å². The van der Waals surface area contributed by atoms with E-state index in [0.29, 0.717) is 55.4 Å². The fraction of sp³-hybridized carbons (Fsp3) is 0.434. The third kappa shape index (κ3) is 9.52. The summed E-state index contributed by atoms with van der Waals surface area (Å²) < 4.78 is 55.1. The molecule has 6 aromatic rings. The van der Waals surface area contributed by atoms with Crippen LogP contribution in [0.3, 0.4) is 0 Å². The van der Waals surface area contributed by atoms with Crippen molar-refractivity contribution in [2.24, 2.45) is 13.0 Å². The van der Waals surface area contributed by atoms with Gasteiger partial charge in [-0.2, -0.15) is 13.2 Å². The lowest BCUT2D eigenvalue weighted by Gasteiger charge is -2.36. The number of amides is 3. The van der Waals surface area contributed by atoms with E-state index in [1.54, 1.807) is 23.5 Å². The molecular weight excluding hydrogens is 914 g/mol. The summed E-state index contributed by atoms with van der Waals surface area (Å²) in [5, 5.41) is 10.9. The van der Waals surface area contributed by atoms with Crippen molar-refractivity contribution < 1.29 is 32.3 Å². The summed E-state index contributed by atoms with van der Waals surface area (Å²) in [5.41, 5.74) is 5.06. The van der Waals surface area contributed by atoms with Gasteiger partial charge in [0, 0.05) is 95.4 Å². The zero-order valence-electron chi connectivity index (χ0n) is 39.7. The first-order valence-corrected chi connectivity index (χ1v) is 24.8. The largest absolute Gasteiger partial charge is 0.418 e. The SMILES string of the molecule is Cn1cnnc1[C@@H](c1cccc(-n2cc3c(C(F)(F)F)cc(CN4CCC[C@@H](OCc5ccc(CN6CCN(c7ccc8c(c7)CN(C7CCC(=O)NC7=O)C8=O)CC6)cc5)C4)cn3c2=O)c1)C1CCC1. The van der Waals surface area contributed by atoms with Crippen LogP contribution in [0, 0.1) is 5.92 Å². The smallest absolute Gasteiger partial charge is 0.372 e. The number of hydrogen-bond acceptors (Lipinski definition) is 10. The Balaban J connectivity index is 0.688. The summed E-state index contributed by atoms with van der Waals surface area (Å²) in [4.78, 5) is 59.8. The fourth-order valence-corrected chi connectivity index (χ4v) is 11.3. The van der Waals surface area contributed by atoms with Crippen LogP contribution in [0.15, 0.2) is 96.3 Å². The number of rotatable bonds is 13. The standard InChI is InChI=1S/C53H57F3N10O5/c1-60-33-57-59-49(60)48(37-5-2-6-37)38-7-3-8-41(24-38)64-31-46-44(53(54,55)56)23-36(28-66(46)52(64)70)27-62-18-4-9-42(30-62)71-32-35-12-10-34(11-13-35)26-61-19-21-63(22-20-61)40-14-15-43-39(25-40)29-65(51(43)69)45-16-17-47(67)58-50(45)68/h3,7-8,10-15,23-25,28,31,33,37,42,45,48H,2,4-6,9,16-22,26-27,29-30,32H2,1H3,(H,58,67,68)/t42-,45?,48-/m1/s1. The molecular formula is C53H57F3N10O5. The van der Waals surface area contributed by atoms with E-state index in [2.05, 4.69) is 60.5 Å². The average molecular weight is 971 g/mol. The highest BCUT2D eigenvalue weighted by Gasteiger charge is 2.40. The van der Waals surface area contributed by atoms with Gasteiger partial charge in [0.1, 0.15) is 18.2 Å². The maximum absolute atomic E-state index is 14.8. The Hall–Kier alpha value is -6.63. The van der Waals surface area contributed by atoms with Gasteiger partial charge in [0.25, 0.3) is 5.91 Å². The number of hydrogen-bond donors (Lipinski definition) is 1. The van der Waals surface area contributed by atoms with Gasteiger partial charge < -0.3 is 19.1 Å². The van der Waals surface area contributed by atoms with Crippen molar-refractivity contribution in [3.63, 3.8) is 0 Å². The van der Waals surface area contributed by atoms with Crippen LogP contribution in [0.4, 0.5) is 18.9 Å². The first kappa shape index (κ1) is 46.7. The number of anilines is 1. The van der Waals surface area contributed by atoms with Gasteiger partial charge in [-0.15, -0.1) is 10.2 Å². The third-order valence-electron chi connectivity index (χ3n) is 15.3. The van der Waals surface area contributed by atoms with E-state index in [0.717, 1.165) is 97.4 Å². The van der Waals surface area contributed by atoms with Gasteiger partial charge in [0.2, 0.25) is 11.8 Å². The second kappa shape index (κ2) is 19.2. The van der Waals surface area contributed by atoms with Crippen molar-refractivity contribution in [1.29, 1.82) is 0 Å². The predicted molar refractivity (Wildman–Crippen MR) is 258 cm³/mol. The molecule has 5 aliphatic rings. The normalized spacial score (nSPS) is 20.9. The molecule has 0 radical (unpaired) electrons. The first-order valence-electron chi connectivity index (χ1n) is 24.8. The Morgan fingerprint density at radius 2 is 1.59 bits per heavy atom. The van der Waals surface area contributed by atoms with Crippen molar-refractivity contribution in [2.75, 3.05) is 44.2 Å². The van der Waals surface area contributed by atoms with E-state index in [1.807, 2.05) is 41.9 Å². The van der Waals surface area contributed by atoms with Gasteiger partial charge >= 0.3 is 11.9 Å². The quantitative estimate of drug-likeness (QED) is 0.129. The number of carbonyl (C=O) groups is 3. The molecule has 1 unspecified atom stereocenters. The molecule has 7 heterocycles. The lowest BCUT2D eigenvalue weighted by atomic mass is 9.72. The Kier molecular flexibility index (Phi) is 12.6. The molecule has 3 aromatic carbocycles. The number of carbonyl (C=O) groups excluding carboxylic acids is 3. The van der Waals surface area contributed by atoms with Gasteiger partial charge in [0.15, 0.2) is 0 Å². The molecule has 4 aliphatic heterocycles. The van der Waals surface area contributed by atoms with E-state index in [-0.39, 0.29) is 42.3 Å². The van der Waals surface area contributed by atoms with Crippen LogP contribution in [0.2, 0.25) is 0 Å². The molecule has 15 nitrogen and oxygen atoms in total. The van der Waals surface area contributed by atoms with Crippen molar-refractivity contribution in [2.45, 2.75) is 95.4 Å². The van der Waals surface area contributed by atoms with Crippen LogP contribution >= 0.6 is 0 Å². The highest BCUT2D eigenvalue weighted by molar-refractivity contribution is 6.05. The topological polar surface area (TPSA) is 143 Å².